The minimum absolute atomic E-state index is 0. The van der Waals surface area contributed by atoms with Crippen molar-refractivity contribution in [2.45, 2.75) is 37.5 Å². The summed E-state index contributed by atoms with van der Waals surface area (Å²) in [5, 5.41) is 3.49. The summed E-state index contributed by atoms with van der Waals surface area (Å²) < 4.78 is 16.7. The molecule has 1 aromatic rings. The van der Waals surface area contributed by atoms with E-state index < -0.39 is 0 Å². The number of hydrogen-bond donors (Lipinski definition) is 1. The summed E-state index contributed by atoms with van der Waals surface area (Å²) in [6.45, 7) is 7.27. The summed E-state index contributed by atoms with van der Waals surface area (Å²) in [5.41, 5.74) is 2.61. The first-order chi connectivity index (χ1) is 13.6. The second kappa shape index (κ2) is 11.5. The average Bonchev–Trinajstić information content (AvgIpc) is 2.75. The molecule has 1 saturated heterocycles. The summed E-state index contributed by atoms with van der Waals surface area (Å²) in [6, 6.07) is 4.21. The van der Waals surface area contributed by atoms with Gasteiger partial charge in [0.1, 0.15) is 0 Å². The predicted octanol–water partition coefficient (Wildman–Crippen LogP) is 3.56. The van der Waals surface area contributed by atoms with Gasteiger partial charge in [0.05, 0.1) is 20.8 Å². The molecule has 6 nitrogen and oxygen atoms in total. The molecule has 2 aliphatic heterocycles. The first-order valence-electron chi connectivity index (χ1n) is 10.0. The van der Waals surface area contributed by atoms with Gasteiger partial charge < -0.3 is 24.4 Å². The molecule has 3 rings (SSSR count). The molecule has 0 spiro atoms. The summed E-state index contributed by atoms with van der Waals surface area (Å²) in [6.07, 6.45) is 5.31. The van der Waals surface area contributed by atoms with Crippen LogP contribution < -0.4 is 14.8 Å². The van der Waals surface area contributed by atoms with E-state index >= 15 is 0 Å². The lowest BCUT2D eigenvalue weighted by Crippen LogP contribution is -2.45. The first kappa shape index (κ1) is 24.4. The Hall–Kier alpha value is -0.870. The van der Waals surface area contributed by atoms with Crippen LogP contribution in [0.2, 0.25) is 0 Å². The van der Waals surface area contributed by atoms with Crippen LogP contribution in [0.4, 0.5) is 0 Å². The van der Waals surface area contributed by atoms with Crippen LogP contribution in [-0.2, 0) is 17.7 Å². The van der Waals surface area contributed by atoms with Crippen molar-refractivity contribution >= 4 is 41.7 Å². The maximum Gasteiger partial charge on any atom is 0.194 e. The molecule has 2 heterocycles. The van der Waals surface area contributed by atoms with Gasteiger partial charge in [0.2, 0.25) is 0 Å². The molecule has 0 atom stereocenters. The minimum atomic E-state index is 0. The number of nitrogens with zero attached hydrogens (tertiary/aromatic N) is 2. The Morgan fingerprint density at radius 3 is 2.45 bits per heavy atom. The van der Waals surface area contributed by atoms with Crippen LogP contribution in [0.25, 0.3) is 0 Å². The fourth-order valence-electron chi connectivity index (χ4n) is 3.88. The number of nitrogens with one attached hydrogen (secondary N) is 1. The third-order valence-electron chi connectivity index (χ3n) is 5.71. The molecule has 0 unspecified atom stereocenters. The third kappa shape index (κ3) is 5.85. The van der Waals surface area contributed by atoms with Gasteiger partial charge in [-0.15, -0.1) is 24.0 Å². The van der Waals surface area contributed by atoms with Crippen LogP contribution in [0.15, 0.2) is 17.1 Å². The highest BCUT2D eigenvalue weighted by atomic mass is 127. The molecule has 1 N–H and O–H groups in total. The van der Waals surface area contributed by atoms with E-state index in [4.69, 9.17) is 19.2 Å². The van der Waals surface area contributed by atoms with E-state index in [0.29, 0.717) is 0 Å². The van der Waals surface area contributed by atoms with Gasteiger partial charge in [-0.05, 0) is 55.7 Å². The monoisotopic (exact) mass is 535 g/mol. The minimum Gasteiger partial charge on any atom is -0.493 e. The zero-order valence-electron chi connectivity index (χ0n) is 18.0. The van der Waals surface area contributed by atoms with Crippen molar-refractivity contribution in [3.05, 3.63) is 23.3 Å². The number of guanidine groups is 1. The van der Waals surface area contributed by atoms with Gasteiger partial charge in [0.15, 0.2) is 17.5 Å². The zero-order chi connectivity index (χ0) is 20.0. The highest BCUT2D eigenvalue weighted by Gasteiger charge is 2.32. The van der Waals surface area contributed by atoms with Crippen LogP contribution in [0.1, 0.15) is 30.9 Å². The SMILES string of the molecule is CCNC(=NCC1(SC)CCOCC1)N1CCc2cc(OC)c(OC)cc2C1.I. The van der Waals surface area contributed by atoms with Gasteiger partial charge in [0.25, 0.3) is 0 Å². The topological polar surface area (TPSA) is 55.3 Å². The van der Waals surface area contributed by atoms with E-state index in [1.165, 1.54) is 11.1 Å². The smallest absolute Gasteiger partial charge is 0.194 e. The van der Waals surface area contributed by atoms with Crippen molar-refractivity contribution in [3.8, 4) is 11.5 Å². The van der Waals surface area contributed by atoms with Crippen molar-refractivity contribution < 1.29 is 14.2 Å². The molecule has 0 radical (unpaired) electrons. The Bertz CT molecular complexity index is 696. The van der Waals surface area contributed by atoms with E-state index in [9.17, 15) is 0 Å². The number of methoxy groups -OCH3 is 2. The normalized spacial score (nSPS) is 18.5. The number of halogens is 1. The van der Waals surface area contributed by atoms with E-state index in [1.807, 2.05) is 11.8 Å². The summed E-state index contributed by atoms with van der Waals surface area (Å²) >= 11 is 1.93. The lowest BCUT2D eigenvalue weighted by molar-refractivity contribution is 0.0793. The second-order valence-electron chi connectivity index (χ2n) is 7.32. The molecule has 0 aliphatic carbocycles. The summed E-state index contributed by atoms with van der Waals surface area (Å²) in [7, 11) is 3.37. The fraction of sp³-hybridized carbons (Fsp3) is 0.667. The second-order valence-corrected chi connectivity index (χ2v) is 8.59. The number of hydrogen-bond acceptors (Lipinski definition) is 5. The van der Waals surface area contributed by atoms with Gasteiger partial charge in [-0.1, -0.05) is 0 Å². The van der Waals surface area contributed by atoms with E-state index in [1.54, 1.807) is 14.2 Å². The standard InChI is InChI=1S/C21H33N3O3S.HI/c1-5-22-20(23-15-21(28-4)7-10-27-11-8-21)24-9-6-16-12-18(25-2)19(26-3)13-17(16)14-24;/h12-13H,5-11,14-15H2,1-4H3,(H,22,23);1H. The number of thioether (sulfide) groups is 1. The Labute approximate surface area is 196 Å². The van der Waals surface area contributed by atoms with Gasteiger partial charge in [-0.25, -0.2) is 0 Å². The Balaban J connectivity index is 0.00000300. The van der Waals surface area contributed by atoms with Gasteiger partial charge >= 0.3 is 0 Å². The Kier molecular flexibility index (Phi) is 9.68. The Morgan fingerprint density at radius 2 is 1.86 bits per heavy atom. The quantitative estimate of drug-likeness (QED) is 0.342. The molecule has 0 amide bonds. The highest BCUT2D eigenvalue weighted by Crippen LogP contribution is 2.35. The fourth-order valence-corrected chi connectivity index (χ4v) is 4.65. The molecule has 0 bridgehead atoms. The van der Waals surface area contributed by atoms with Crippen molar-refractivity contribution in [3.63, 3.8) is 0 Å². The number of benzene rings is 1. The van der Waals surface area contributed by atoms with Crippen molar-refractivity contribution in [2.24, 2.45) is 4.99 Å². The van der Waals surface area contributed by atoms with Crippen LogP contribution in [-0.4, -0.2) is 68.9 Å². The van der Waals surface area contributed by atoms with Crippen LogP contribution in [0.3, 0.4) is 0 Å². The average molecular weight is 535 g/mol. The van der Waals surface area contributed by atoms with Gasteiger partial charge in [-0.2, -0.15) is 11.8 Å². The van der Waals surface area contributed by atoms with Crippen LogP contribution in [0, 0.1) is 0 Å². The predicted molar refractivity (Wildman–Crippen MR) is 131 cm³/mol. The van der Waals surface area contributed by atoms with E-state index in [2.05, 4.69) is 35.5 Å². The summed E-state index contributed by atoms with van der Waals surface area (Å²) in [5.74, 6) is 2.59. The molecule has 1 aromatic carbocycles. The van der Waals surface area contributed by atoms with Gasteiger partial charge in [-0.3, -0.25) is 4.99 Å². The lowest BCUT2D eigenvalue weighted by atomic mass is 9.98. The van der Waals surface area contributed by atoms with Crippen LogP contribution >= 0.6 is 35.7 Å². The number of ether oxygens (including phenoxy) is 3. The Morgan fingerprint density at radius 1 is 1.21 bits per heavy atom. The molecule has 8 heteroatoms. The third-order valence-corrected chi connectivity index (χ3v) is 7.11. The molecular weight excluding hydrogens is 501 g/mol. The molecule has 1 fully saturated rings. The van der Waals surface area contributed by atoms with Crippen molar-refractivity contribution in [1.82, 2.24) is 10.2 Å². The summed E-state index contributed by atoms with van der Waals surface area (Å²) in [4.78, 5) is 7.40. The maximum absolute atomic E-state index is 5.57. The molecule has 164 valence electrons. The van der Waals surface area contributed by atoms with Crippen molar-refractivity contribution in [1.29, 1.82) is 0 Å². The molecular formula is C21H34IN3O3S. The highest BCUT2D eigenvalue weighted by molar-refractivity contribution is 14.0. The van der Waals surface area contributed by atoms with E-state index in [0.717, 1.165) is 76.1 Å². The van der Waals surface area contributed by atoms with E-state index in [-0.39, 0.29) is 28.7 Å². The number of fused-ring (bicyclic) bond motifs is 1. The maximum atomic E-state index is 5.57. The molecule has 29 heavy (non-hydrogen) atoms. The largest absolute Gasteiger partial charge is 0.493 e. The van der Waals surface area contributed by atoms with Crippen LogP contribution in [0.5, 0.6) is 11.5 Å². The number of aliphatic imine (C=N–C) groups is 1. The molecule has 0 aromatic heterocycles. The first-order valence-corrected chi connectivity index (χ1v) is 11.3. The lowest BCUT2D eigenvalue weighted by Gasteiger charge is -2.36. The molecule has 0 saturated carbocycles. The molecule has 2 aliphatic rings. The van der Waals surface area contributed by atoms with Crippen molar-refractivity contribution in [2.75, 3.05) is 53.3 Å². The van der Waals surface area contributed by atoms with Gasteiger partial charge in [0, 0.05) is 37.6 Å². The number of rotatable bonds is 6. The zero-order valence-corrected chi connectivity index (χ0v) is 21.1.